The fourth-order valence-electron chi connectivity index (χ4n) is 2.59. The van der Waals surface area contributed by atoms with Crippen LogP contribution in [0.25, 0.3) is 6.08 Å². The number of imide groups is 1. The zero-order chi connectivity index (χ0) is 19.6. The Morgan fingerprint density at radius 2 is 1.93 bits per heavy atom. The number of hydrogen-bond acceptors (Lipinski definition) is 5. The van der Waals surface area contributed by atoms with Gasteiger partial charge in [-0.1, -0.05) is 45.8 Å². The van der Waals surface area contributed by atoms with Gasteiger partial charge in [0.1, 0.15) is 0 Å². The average molecular weight is 448 g/mol. The number of carbonyl (C=O) groups is 2. The number of thioether (sulfide) groups is 1. The number of amides is 2. The van der Waals surface area contributed by atoms with Crippen molar-refractivity contribution in [2.24, 2.45) is 0 Å². The highest BCUT2D eigenvalue weighted by atomic mass is 79.9. The normalized spacial score (nSPS) is 15.7. The molecule has 0 aliphatic carbocycles. The van der Waals surface area contributed by atoms with E-state index in [0.717, 1.165) is 22.9 Å². The van der Waals surface area contributed by atoms with Crippen LogP contribution in [0.1, 0.15) is 23.6 Å². The highest BCUT2D eigenvalue weighted by Gasteiger charge is 2.35. The second kappa shape index (κ2) is 8.19. The topological polar surface area (TPSA) is 66.8 Å². The number of aryl methyl sites for hydroxylation is 1. The largest absolute Gasteiger partial charge is 0.504 e. The first kappa shape index (κ1) is 19.5. The maximum atomic E-state index is 12.7. The summed E-state index contributed by atoms with van der Waals surface area (Å²) in [5, 5.41) is 9.62. The minimum Gasteiger partial charge on any atom is -0.504 e. The SMILES string of the molecule is CCOc1cc(/C=C2\SC(=O)N(Cc3ccc(C)cc3)C2=O)c(Br)cc1O. The van der Waals surface area contributed by atoms with Gasteiger partial charge in [0.25, 0.3) is 11.1 Å². The minimum atomic E-state index is -0.330. The van der Waals surface area contributed by atoms with Gasteiger partial charge in [-0.3, -0.25) is 14.5 Å². The average Bonchev–Trinajstić information content (AvgIpc) is 2.88. The Labute approximate surface area is 170 Å². The maximum Gasteiger partial charge on any atom is 0.293 e. The molecule has 27 heavy (non-hydrogen) atoms. The van der Waals surface area contributed by atoms with Crippen LogP contribution in [-0.2, 0) is 11.3 Å². The Balaban J connectivity index is 1.86. The fraction of sp³-hybridized carbons (Fsp3) is 0.200. The summed E-state index contributed by atoms with van der Waals surface area (Å²) in [5.74, 6) is 0.00249. The summed E-state index contributed by atoms with van der Waals surface area (Å²) in [4.78, 5) is 26.6. The lowest BCUT2D eigenvalue weighted by molar-refractivity contribution is -0.123. The molecular weight excluding hydrogens is 430 g/mol. The summed E-state index contributed by atoms with van der Waals surface area (Å²) < 4.78 is 5.99. The van der Waals surface area contributed by atoms with Gasteiger partial charge in [-0.05, 0) is 54.9 Å². The second-order valence-electron chi connectivity index (χ2n) is 6.03. The number of ether oxygens (including phenoxy) is 1. The molecule has 1 saturated heterocycles. The van der Waals surface area contributed by atoms with Crippen LogP contribution in [-0.4, -0.2) is 27.8 Å². The maximum absolute atomic E-state index is 12.7. The van der Waals surface area contributed by atoms with Crippen molar-refractivity contribution in [3.8, 4) is 11.5 Å². The van der Waals surface area contributed by atoms with Crippen LogP contribution < -0.4 is 4.74 Å². The molecule has 0 aromatic heterocycles. The number of phenols is 1. The first-order chi connectivity index (χ1) is 12.9. The van der Waals surface area contributed by atoms with E-state index in [1.807, 2.05) is 38.1 Å². The van der Waals surface area contributed by atoms with Gasteiger partial charge in [0.2, 0.25) is 0 Å². The van der Waals surface area contributed by atoms with Crippen molar-refractivity contribution in [3.63, 3.8) is 0 Å². The Bertz CT molecular complexity index is 924. The Hall–Kier alpha value is -2.25. The molecule has 1 fully saturated rings. The summed E-state index contributed by atoms with van der Waals surface area (Å²) >= 11 is 4.28. The molecule has 0 saturated carbocycles. The Morgan fingerprint density at radius 1 is 1.22 bits per heavy atom. The molecule has 1 N–H and O–H groups in total. The van der Waals surface area contributed by atoms with E-state index in [1.54, 1.807) is 12.1 Å². The van der Waals surface area contributed by atoms with Gasteiger partial charge in [0.05, 0.1) is 18.1 Å². The third-order valence-corrected chi connectivity index (χ3v) is 5.59. The third-order valence-electron chi connectivity index (χ3n) is 4.00. The number of phenolic OH excluding ortho intramolecular Hbond substituents is 1. The van der Waals surface area contributed by atoms with E-state index in [9.17, 15) is 14.7 Å². The van der Waals surface area contributed by atoms with E-state index in [0.29, 0.717) is 27.3 Å². The number of benzene rings is 2. The second-order valence-corrected chi connectivity index (χ2v) is 7.88. The van der Waals surface area contributed by atoms with Crippen LogP contribution in [0.4, 0.5) is 4.79 Å². The third kappa shape index (κ3) is 4.36. The van der Waals surface area contributed by atoms with Gasteiger partial charge < -0.3 is 9.84 Å². The molecule has 2 aromatic carbocycles. The van der Waals surface area contributed by atoms with Crippen molar-refractivity contribution in [3.05, 3.63) is 62.5 Å². The van der Waals surface area contributed by atoms with E-state index < -0.39 is 0 Å². The summed E-state index contributed by atoms with van der Waals surface area (Å²) in [6.07, 6.45) is 1.63. The molecule has 140 valence electrons. The van der Waals surface area contributed by atoms with E-state index in [1.165, 1.54) is 11.0 Å². The lowest BCUT2D eigenvalue weighted by Crippen LogP contribution is -2.27. The number of aromatic hydroxyl groups is 1. The molecule has 3 rings (SSSR count). The van der Waals surface area contributed by atoms with Crippen molar-refractivity contribution in [2.45, 2.75) is 20.4 Å². The van der Waals surface area contributed by atoms with Crippen molar-refractivity contribution in [1.29, 1.82) is 0 Å². The summed E-state index contributed by atoms with van der Waals surface area (Å²) in [6, 6.07) is 10.9. The van der Waals surface area contributed by atoms with E-state index in [4.69, 9.17) is 4.74 Å². The fourth-order valence-corrected chi connectivity index (χ4v) is 3.87. The molecule has 5 nitrogen and oxygen atoms in total. The quantitative estimate of drug-likeness (QED) is 0.645. The molecule has 2 aromatic rings. The molecule has 0 atom stereocenters. The predicted octanol–water partition coefficient (Wildman–Crippen LogP) is 5.10. The smallest absolute Gasteiger partial charge is 0.293 e. The molecule has 0 unspecified atom stereocenters. The van der Waals surface area contributed by atoms with Crippen LogP contribution in [0.15, 0.2) is 45.8 Å². The number of rotatable bonds is 5. The van der Waals surface area contributed by atoms with Crippen LogP contribution in [0.5, 0.6) is 11.5 Å². The van der Waals surface area contributed by atoms with Gasteiger partial charge in [-0.2, -0.15) is 0 Å². The van der Waals surface area contributed by atoms with Crippen molar-refractivity contribution >= 4 is 44.9 Å². The molecule has 7 heteroatoms. The molecule has 1 heterocycles. The Morgan fingerprint density at radius 3 is 2.59 bits per heavy atom. The molecule has 0 spiro atoms. The number of halogens is 1. The molecule has 1 aliphatic rings. The summed E-state index contributed by atoms with van der Waals surface area (Å²) in [7, 11) is 0. The zero-order valence-corrected chi connectivity index (χ0v) is 17.3. The van der Waals surface area contributed by atoms with E-state index in [-0.39, 0.29) is 23.4 Å². The van der Waals surface area contributed by atoms with Crippen LogP contribution >= 0.6 is 27.7 Å². The standard InChI is InChI=1S/C20H18BrNO4S/c1-3-26-17-8-14(15(21)10-16(17)23)9-18-19(24)22(20(25)27-18)11-13-6-4-12(2)5-7-13/h4-10,23H,3,11H2,1-2H3/b18-9-. The van der Waals surface area contributed by atoms with Gasteiger partial charge in [-0.25, -0.2) is 0 Å². The molecule has 1 aliphatic heterocycles. The lowest BCUT2D eigenvalue weighted by atomic mass is 10.1. The lowest BCUT2D eigenvalue weighted by Gasteiger charge is -2.12. The molecule has 0 radical (unpaired) electrons. The molecule has 0 bridgehead atoms. The zero-order valence-electron chi connectivity index (χ0n) is 14.9. The van der Waals surface area contributed by atoms with Gasteiger partial charge in [0.15, 0.2) is 11.5 Å². The van der Waals surface area contributed by atoms with Gasteiger partial charge >= 0.3 is 0 Å². The van der Waals surface area contributed by atoms with Crippen molar-refractivity contribution in [1.82, 2.24) is 4.90 Å². The first-order valence-electron chi connectivity index (χ1n) is 8.35. The number of hydrogen-bond donors (Lipinski definition) is 1. The van der Waals surface area contributed by atoms with E-state index >= 15 is 0 Å². The van der Waals surface area contributed by atoms with E-state index in [2.05, 4.69) is 15.9 Å². The highest BCUT2D eigenvalue weighted by molar-refractivity contribution is 9.10. The van der Waals surface area contributed by atoms with Crippen LogP contribution in [0.3, 0.4) is 0 Å². The number of nitrogens with zero attached hydrogens (tertiary/aromatic N) is 1. The van der Waals surface area contributed by atoms with Crippen molar-refractivity contribution < 1.29 is 19.4 Å². The van der Waals surface area contributed by atoms with Crippen LogP contribution in [0.2, 0.25) is 0 Å². The van der Waals surface area contributed by atoms with Gasteiger partial charge in [-0.15, -0.1) is 0 Å². The number of carbonyl (C=O) groups excluding carboxylic acids is 2. The van der Waals surface area contributed by atoms with Gasteiger partial charge in [0, 0.05) is 4.47 Å². The summed E-state index contributed by atoms with van der Waals surface area (Å²) in [5.41, 5.74) is 2.67. The molecule has 2 amide bonds. The van der Waals surface area contributed by atoms with Crippen LogP contribution in [0, 0.1) is 6.92 Å². The Kier molecular flexibility index (Phi) is 5.92. The highest BCUT2D eigenvalue weighted by Crippen LogP contribution is 2.38. The minimum absolute atomic E-state index is 0.00773. The predicted molar refractivity (Wildman–Crippen MR) is 110 cm³/mol. The van der Waals surface area contributed by atoms with Crippen molar-refractivity contribution in [2.75, 3.05) is 6.61 Å². The summed E-state index contributed by atoms with van der Waals surface area (Å²) in [6.45, 7) is 4.45. The molecular formula is C20H18BrNO4S. The first-order valence-corrected chi connectivity index (χ1v) is 9.96. The monoisotopic (exact) mass is 447 g/mol.